The average Bonchev–Trinajstić information content (AvgIpc) is 2.48. The summed E-state index contributed by atoms with van der Waals surface area (Å²) in [6, 6.07) is 5.64. The number of benzene rings is 1. The van der Waals surface area contributed by atoms with E-state index in [0.29, 0.717) is 32.0 Å². The molecule has 1 saturated heterocycles. The van der Waals surface area contributed by atoms with Crippen LogP contribution >= 0.6 is 12.4 Å². The van der Waals surface area contributed by atoms with Crippen LogP contribution in [0.2, 0.25) is 0 Å². The zero-order valence-electron chi connectivity index (χ0n) is 14.1. The Bertz CT molecular complexity index is 583. The summed E-state index contributed by atoms with van der Waals surface area (Å²) in [5, 5.41) is 0. The van der Waals surface area contributed by atoms with Crippen molar-refractivity contribution in [2.75, 3.05) is 19.6 Å². The number of hydrogen-bond donors (Lipinski definition) is 1. The molecule has 0 aromatic heterocycles. The number of carbonyl (C=O) groups excluding carboxylic acids is 2. The maximum absolute atomic E-state index is 13.2. The molecule has 2 amide bonds. The molecule has 1 aliphatic heterocycles. The molecule has 1 aliphatic rings. The van der Waals surface area contributed by atoms with Crippen LogP contribution in [0.1, 0.15) is 25.8 Å². The predicted octanol–water partition coefficient (Wildman–Crippen LogP) is 1.79. The molecule has 0 unspecified atom stereocenters. The summed E-state index contributed by atoms with van der Waals surface area (Å²) in [6.45, 7) is 5.32. The van der Waals surface area contributed by atoms with Gasteiger partial charge in [0.1, 0.15) is 5.82 Å². The van der Waals surface area contributed by atoms with Crippen LogP contribution in [0.15, 0.2) is 24.3 Å². The van der Waals surface area contributed by atoms with E-state index in [-0.39, 0.29) is 36.6 Å². The molecule has 1 atom stereocenters. The molecule has 0 aliphatic carbocycles. The fourth-order valence-electron chi connectivity index (χ4n) is 2.76. The van der Waals surface area contributed by atoms with Gasteiger partial charge in [0.15, 0.2) is 0 Å². The second-order valence-electron chi connectivity index (χ2n) is 6.44. The SMILES string of the molecule is CC(C)C[C@H](N)C(=O)N1CCN(Cc2cccc(F)c2)C(=O)C1.Cl. The number of nitrogens with zero attached hydrogens (tertiary/aromatic N) is 2. The van der Waals surface area contributed by atoms with Gasteiger partial charge in [0.05, 0.1) is 12.6 Å². The van der Waals surface area contributed by atoms with Crippen LogP contribution in [0, 0.1) is 11.7 Å². The maximum Gasteiger partial charge on any atom is 0.242 e. The van der Waals surface area contributed by atoms with E-state index >= 15 is 0 Å². The lowest BCUT2D eigenvalue weighted by molar-refractivity contribution is -0.146. The minimum absolute atomic E-state index is 0. The fourth-order valence-corrected chi connectivity index (χ4v) is 2.76. The van der Waals surface area contributed by atoms with Gasteiger partial charge in [-0.05, 0) is 30.0 Å². The molecule has 1 aromatic carbocycles. The van der Waals surface area contributed by atoms with Gasteiger partial charge >= 0.3 is 0 Å². The molecule has 1 heterocycles. The van der Waals surface area contributed by atoms with Crippen molar-refractivity contribution in [1.82, 2.24) is 9.80 Å². The predicted molar refractivity (Wildman–Crippen MR) is 93.1 cm³/mol. The Morgan fingerprint density at radius 3 is 2.62 bits per heavy atom. The van der Waals surface area contributed by atoms with Gasteiger partial charge in [0, 0.05) is 19.6 Å². The lowest BCUT2D eigenvalue weighted by Crippen LogP contribution is -2.55. The van der Waals surface area contributed by atoms with Crippen molar-refractivity contribution >= 4 is 24.2 Å². The molecule has 2 N–H and O–H groups in total. The molecule has 0 radical (unpaired) electrons. The summed E-state index contributed by atoms with van der Waals surface area (Å²) in [7, 11) is 0. The van der Waals surface area contributed by atoms with E-state index in [9.17, 15) is 14.0 Å². The highest BCUT2D eigenvalue weighted by atomic mass is 35.5. The Morgan fingerprint density at radius 1 is 1.33 bits per heavy atom. The van der Waals surface area contributed by atoms with Gasteiger partial charge in [0.25, 0.3) is 0 Å². The summed E-state index contributed by atoms with van der Waals surface area (Å²) >= 11 is 0. The maximum atomic E-state index is 13.2. The lowest BCUT2D eigenvalue weighted by atomic mass is 10.0. The minimum Gasteiger partial charge on any atom is -0.335 e. The van der Waals surface area contributed by atoms with Crippen molar-refractivity contribution in [3.63, 3.8) is 0 Å². The number of nitrogens with two attached hydrogens (primary N) is 1. The number of carbonyl (C=O) groups is 2. The van der Waals surface area contributed by atoms with E-state index in [0.717, 1.165) is 5.56 Å². The topological polar surface area (TPSA) is 66.6 Å². The fraction of sp³-hybridized carbons (Fsp3) is 0.529. The third-order valence-corrected chi connectivity index (χ3v) is 3.94. The summed E-state index contributed by atoms with van der Waals surface area (Å²) in [6.07, 6.45) is 0.608. The molecule has 24 heavy (non-hydrogen) atoms. The molecular formula is C17H25ClFN3O2. The second kappa shape index (κ2) is 8.99. The second-order valence-corrected chi connectivity index (χ2v) is 6.44. The van der Waals surface area contributed by atoms with Gasteiger partial charge in [-0.15, -0.1) is 12.4 Å². The number of amides is 2. The smallest absolute Gasteiger partial charge is 0.242 e. The first kappa shape index (κ1) is 20.4. The highest BCUT2D eigenvalue weighted by Crippen LogP contribution is 2.13. The Balaban J connectivity index is 0.00000288. The monoisotopic (exact) mass is 357 g/mol. The van der Waals surface area contributed by atoms with Crippen molar-refractivity contribution in [2.45, 2.75) is 32.9 Å². The van der Waals surface area contributed by atoms with Crippen LogP contribution in [0.4, 0.5) is 4.39 Å². The largest absolute Gasteiger partial charge is 0.335 e. The Kier molecular flexibility index (Phi) is 7.63. The number of hydrogen-bond acceptors (Lipinski definition) is 3. The summed E-state index contributed by atoms with van der Waals surface area (Å²) in [5.41, 5.74) is 6.66. The van der Waals surface area contributed by atoms with Crippen LogP contribution in [0.25, 0.3) is 0 Å². The van der Waals surface area contributed by atoms with E-state index in [4.69, 9.17) is 5.73 Å². The lowest BCUT2D eigenvalue weighted by Gasteiger charge is -2.35. The molecule has 5 nitrogen and oxygen atoms in total. The van der Waals surface area contributed by atoms with Gasteiger partial charge in [-0.25, -0.2) is 4.39 Å². The molecule has 0 bridgehead atoms. The van der Waals surface area contributed by atoms with Crippen LogP contribution in [-0.2, 0) is 16.1 Å². The first-order valence-corrected chi connectivity index (χ1v) is 7.93. The van der Waals surface area contributed by atoms with Gasteiger partial charge in [-0.1, -0.05) is 26.0 Å². The van der Waals surface area contributed by atoms with Crippen molar-refractivity contribution in [2.24, 2.45) is 11.7 Å². The van der Waals surface area contributed by atoms with Crippen LogP contribution < -0.4 is 5.73 Å². The number of rotatable bonds is 5. The highest BCUT2D eigenvalue weighted by Gasteiger charge is 2.29. The summed E-state index contributed by atoms with van der Waals surface area (Å²) in [5.74, 6) is -0.287. The van der Waals surface area contributed by atoms with Crippen molar-refractivity contribution < 1.29 is 14.0 Å². The molecule has 1 fully saturated rings. The molecule has 0 spiro atoms. The number of piperazine rings is 1. The van der Waals surface area contributed by atoms with E-state index in [1.807, 2.05) is 13.8 Å². The van der Waals surface area contributed by atoms with Gasteiger partial charge < -0.3 is 15.5 Å². The molecular weight excluding hydrogens is 333 g/mol. The van der Waals surface area contributed by atoms with E-state index in [1.165, 1.54) is 17.0 Å². The Labute approximate surface area is 148 Å². The number of halogens is 2. The molecule has 134 valence electrons. The average molecular weight is 358 g/mol. The van der Waals surface area contributed by atoms with Crippen LogP contribution in [-0.4, -0.2) is 47.3 Å². The van der Waals surface area contributed by atoms with Gasteiger partial charge in [-0.2, -0.15) is 0 Å². The highest BCUT2D eigenvalue weighted by molar-refractivity contribution is 5.88. The van der Waals surface area contributed by atoms with Crippen molar-refractivity contribution in [1.29, 1.82) is 0 Å². The normalized spacial score (nSPS) is 16.1. The zero-order chi connectivity index (χ0) is 17.0. The Hall–Kier alpha value is -1.66. The van der Waals surface area contributed by atoms with Crippen molar-refractivity contribution in [3.8, 4) is 0 Å². The summed E-state index contributed by atoms with van der Waals surface area (Å²) < 4.78 is 13.2. The first-order chi connectivity index (χ1) is 10.9. The molecule has 0 saturated carbocycles. The first-order valence-electron chi connectivity index (χ1n) is 7.93. The Morgan fingerprint density at radius 2 is 2.04 bits per heavy atom. The van der Waals surface area contributed by atoms with Crippen molar-refractivity contribution in [3.05, 3.63) is 35.6 Å². The zero-order valence-corrected chi connectivity index (χ0v) is 14.9. The van der Waals surface area contributed by atoms with Crippen LogP contribution in [0.3, 0.4) is 0 Å². The van der Waals surface area contributed by atoms with E-state index in [1.54, 1.807) is 17.0 Å². The van der Waals surface area contributed by atoms with E-state index in [2.05, 4.69) is 0 Å². The molecule has 7 heteroatoms. The standard InChI is InChI=1S/C17H24FN3O2.ClH/c1-12(2)8-15(19)17(23)21-7-6-20(16(22)11-21)10-13-4-3-5-14(18)9-13;/h3-5,9,12,15H,6-8,10-11,19H2,1-2H3;1H/t15-;/m0./s1. The third-order valence-electron chi connectivity index (χ3n) is 3.94. The van der Waals surface area contributed by atoms with E-state index < -0.39 is 6.04 Å². The van der Waals surface area contributed by atoms with Crippen LogP contribution in [0.5, 0.6) is 0 Å². The van der Waals surface area contributed by atoms with Gasteiger partial charge in [-0.3, -0.25) is 9.59 Å². The minimum atomic E-state index is -0.558. The molecule has 1 aromatic rings. The van der Waals surface area contributed by atoms with Gasteiger partial charge in [0.2, 0.25) is 11.8 Å². The summed E-state index contributed by atoms with van der Waals surface area (Å²) in [4.78, 5) is 27.7. The molecule has 2 rings (SSSR count). The third kappa shape index (κ3) is 5.46. The quantitative estimate of drug-likeness (QED) is 0.873.